The molecule has 0 unspecified atom stereocenters. The fourth-order valence-corrected chi connectivity index (χ4v) is 1.01. The van der Waals surface area contributed by atoms with Gasteiger partial charge in [-0.1, -0.05) is 11.6 Å². The summed E-state index contributed by atoms with van der Waals surface area (Å²) in [5.41, 5.74) is 1.09. The van der Waals surface area contributed by atoms with Crippen LogP contribution >= 0.6 is 11.6 Å². The van der Waals surface area contributed by atoms with E-state index < -0.39 is 5.97 Å². The Bertz CT molecular complexity index is 222. The number of halogens is 1. The topological polar surface area (TPSA) is 74.2 Å². The van der Waals surface area contributed by atoms with Crippen LogP contribution in [0.2, 0.25) is 0 Å². The Morgan fingerprint density at radius 1 is 0.944 bits per heavy atom. The van der Waals surface area contributed by atoms with Gasteiger partial charge in [-0.05, 0) is 0 Å². The molecule has 0 saturated carbocycles. The maximum Gasteiger partial charge on any atom is 0.331 e. The molecule has 0 spiro atoms. The lowest BCUT2D eigenvalue weighted by atomic mass is 10.6. The van der Waals surface area contributed by atoms with E-state index in [2.05, 4.69) is 0 Å². The van der Waals surface area contributed by atoms with E-state index in [9.17, 15) is 4.79 Å². The Morgan fingerprint density at radius 3 is 1.94 bits per heavy atom. The molecule has 6 nitrogen and oxygen atoms in total. The van der Waals surface area contributed by atoms with Gasteiger partial charge in [0.2, 0.25) is 0 Å². The highest BCUT2D eigenvalue weighted by molar-refractivity contribution is 6.26. The maximum absolute atomic E-state index is 10.8. The van der Waals surface area contributed by atoms with Gasteiger partial charge < -0.3 is 24.1 Å². The van der Waals surface area contributed by atoms with E-state index in [0.29, 0.717) is 39.6 Å². The number of aliphatic hydroxyl groups is 1. The zero-order valence-electron chi connectivity index (χ0n) is 10.2. The van der Waals surface area contributed by atoms with Gasteiger partial charge in [-0.15, -0.1) is 0 Å². The molecule has 0 aromatic carbocycles. The van der Waals surface area contributed by atoms with Crippen LogP contribution in [0.3, 0.4) is 0 Å². The second-order valence-corrected chi connectivity index (χ2v) is 3.27. The third kappa shape index (κ3) is 13.4. The molecule has 0 aromatic heterocycles. The van der Waals surface area contributed by atoms with E-state index in [4.69, 9.17) is 35.7 Å². The van der Waals surface area contributed by atoms with Crippen molar-refractivity contribution in [2.45, 2.75) is 0 Å². The Morgan fingerprint density at radius 2 is 1.44 bits per heavy atom. The largest absolute Gasteiger partial charge is 0.460 e. The molecule has 0 aliphatic carbocycles. The van der Waals surface area contributed by atoms with Crippen LogP contribution in [0.25, 0.3) is 0 Å². The standard InChI is InChI=1S/C11H19ClO6/c12-2-1-11(14)18-10-9-17-8-7-16-6-5-15-4-3-13/h1-2,13H,3-10H2. The molecule has 0 radical (unpaired) electrons. The number of rotatable bonds is 12. The summed E-state index contributed by atoms with van der Waals surface area (Å²) in [5, 5.41) is 8.43. The van der Waals surface area contributed by atoms with Crippen LogP contribution in [0, 0.1) is 0 Å². The van der Waals surface area contributed by atoms with E-state index in [-0.39, 0.29) is 13.2 Å². The highest BCUT2D eigenvalue weighted by Crippen LogP contribution is 1.86. The summed E-state index contributed by atoms with van der Waals surface area (Å²) in [4.78, 5) is 10.8. The molecular formula is C11H19ClO6. The van der Waals surface area contributed by atoms with Gasteiger partial charge in [0.1, 0.15) is 6.61 Å². The van der Waals surface area contributed by atoms with Gasteiger partial charge in [-0.2, -0.15) is 0 Å². The van der Waals surface area contributed by atoms with Gasteiger partial charge in [0.15, 0.2) is 0 Å². The van der Waals surface area contributed by atoms with E-state index in [1.165, 1.54) is 0 Å². The van der Waals surface area contributed by atoms with Crippen LogP contribution < -0.4 is 0 Å². The number of ether oxygens (including phenoxy) is 4. The van der Waals surface area contributed by atoms with Crippen LogP contribution in [-0.4, -0.2) is 63.9 Å². The first kappa shape index (κ1) is 17.3. The molecule has 7 heteroatoms. The molecule has 1 N–H and O–H groups in total. The van der Waals surface area contributed by atoms with Crippen molar-refractivity contribution in [2.75, 3.05) is 52.9 Å². The van der Waals surface area contributed by atoms with Gasteiger partial charge in [0.25, 0.3) is 0 Å². The first-order chi connectivity index (χ1) is 8.81. The molecule has 0 saturated heterocycles. The Labute approximate surface area is 111 Å². The number of hydrogen-bond acceptors (Lipinski definition) is 6. The lowest BCUT2D eigenvalue weighted by Gasteiger charge is -2.06. The molecule has 18 heavy (non-hydrogen) atoms. The average Bonchev–Trinajstić information content (AvgIpc) is 2.36. The molecule has 0 fully saturated rings. The van der Waals surface area contributed by atoms with Gasteiger partial charge >= 0.3 is 5.97 Å². The number of carbonyl (C=O) groups is 1. The minimum absolute atomic E-state index is 0.0146. The van der Waals surface area contributed by atoms with E-state index in [1.54, 1.807) is 0 Å². The van der Waals surface area contributed by atoms with Crippen LogP contribution in [0.4, 0.5) is 0 Å². The molecule has 0 rings (SSSR count). The number of hydrogen-bond donors (Lipinski definition) is 1. The minimum Gasteiger partial charge on any atom is -0.460 e. The van der Waals surface area contributed by atoms with Crippen molar-refractivity contribution in [3.63, 3.8) is 0 Å². The summed E-state index contributed by atoms with van der Waals surface area (Å²) in [7, 11) is 0. The van der Waals surface area contributed by atoms with Crippen molar-refractivity contribution in [2.24, 2.45) is 0 Å². The first-order valence-electron chi connectivity index (χ1n) is 5.59. The van der Waals surface area contributed by atoms with E-state index in [0.717, 1.165) is 11.6 Å². The van der Waals surface area contributed by atoms with Crippen LogP contribution in [0.5, 0.6) is 0 Å². The van der Waals surface area contributed by atoms with Gasteiger partial charge in [0, 0.05) is 11.6 Å². The van der Waals surface area contributed by atoms with Gasteiger partial charge in [-0.3, -0.25) is 0 Å². The van der Waals surface area contributed by atoms with Crippen LogP contribution in [0.1, 0.15) is 0 Å². The molecular weight excluding hydrogens is 264 g/mol. The molecule has 0 bridgehead atoms. The average molecular weight is 283 g/mol. The summed E-state index contributed by atoms with van der Waals surface area (Å²) in [6.45, 7) is 2.59. The Balaban J connectivity index is 3.05. The molecule has 0 aromatic rings. The third-order valence-electron chi connectivity index (χ3n) is 1.65. The molecule has 0 atom stereocenters. The Kier molecular flexibility index (Phi) is 13.9. The van der Waals surface area contributed by atoms with Crippen LogP contribution in [-0.2, 0) is 23.7 Å². The van der Waals surface area contributed by atoms with Gasteiger partial charge in [0.05, 0.1) is 46.2 Å². The summed E-state index contributed by atoms with van der Waals surface area (Å²) in [5.74, 6) is -0.495. The molecule has 0 aliphatic heterocycles. The molecule has 0 amide bonds. The van der Waals surface area contributed by atoms with Crippen molar-refractivity contribution >= 4 is 17.6 Å². The summed E-state index contributed by atoms with van der Waals surface area (Å²) in [6.07, 6.45) is 1.12. The predicted octanol–water partition coefficient (Wildman–Crippen LogP) is 0.324. The lowest BCUT2D eigenvalue weighted by molar-refractivity contribution is -0.139. The monoisotopic (exact) mass is 282 g/mol. The lowest BCUT2D eigenvalue weighted by Crippen LogP contribution is -2.13. The third-order valence-corrected chi connectivity index (χ3v) is 1.78. The van der Waals surface area contributed by atoms with E-state index in [1.807, 2.05) is 0 Å². The molecule has 106 valence electrons. The second-order valence-electron chi connectivity index (χ2n) is 3.02. The van der Waals surface area contributed by atoms with Crippen molar-refractivity contribution in [1.29, 1.82) is 0 Å². The normalized spacial score (nSPS) is 11.0. The molecule has 0 aliphatic rings. The van der Waals surface area contributed by atoms with Crippen LogP contribution in [0.15, 0.2) is 11.6 Å². The highest BCUT2D eigenvalue weighted by Gasteiger charge is 1.96. The minimum atomic E-state index is -0.495. The van der Waals surface area contributed by atoms with Crippen molar-refractivity contribution in [3.8, 4) is 0 Å². The summed E-state index contributed by atoms with van der Waals surface area (Å²) in [6, 6.07) is 0. The zero-order chi connectivity index (χ0) is 13.5. The summed E-state index contributed by atoms with van der Waals surface area (Å²) < 4.78 is 20.0. The SMILES string of the molecule is O=C(C=CCl)OCCOCCOCCOCCO. The smallest absolute Gasteiger partial charge is 0.331 e. The van der Waals surface area contributed by atoms with E-state index >= 15 is 0 Å². The van der Waals surface area contributed by atoms with Gasteiger partial charge in [-0.25, -0.2) is 4.79 Å². The summed E-state index contributed by atoms with van der Waals surface area (Å²) >= 11 is 5.19. The molecule has 0 heterocycles. The number of esters is 1. The van der Waals surface area contributed by atoms with Crippen molar-refractivity contribution < 1.29 is 28.8 Å². The second kappa shape index (κ2) is 14.4. The first-order valence-corrected chi connectivity index (χ1v) is 6.02. The highest BCUT2D eigenvalue weighted by atomic mass is 35.5. The zero-order valence-corrected chi connectivity index (χ0v) is 10.9. The number of aliphatic hydroxyl groups excluding tert-OH is 1. The fraction of sp³-hybridized carbons (Fsp3) is 0.727. The fourth-order valence-electron chi connectivity index (χ4n) is 0.907. The number of carbonyl (C=O) groups excluding carboxylic acids is 1. The maximum atomic E-state index is 10.8. The van der Waals surface area contributed by atoms with Crippen molar-refractivity contribution in [1.82, 2.24) is 0 Å². The predicted molar refractivity (Wildman–Crippen MR) is 65.5 cm³/mol. The van der Waals surface area contributed by atoms with Crippen molar-refractivity contribution in [3.05, 3.63) is 11.6 Å². The Hall–Kier alpha value is -0.660. The quantitative estimate of drug-likeness (QED) is 0.316.